The predicted octanol–water partition coefficient (Wildman–Crippen LogP) is 1.19. The standard InChI is InChI=1S/C7H13NO2/c1-7(2)4-6(5-9-3)8-10-7/h4-5H2,1-3H3. The third kappa shape index (κ3) is 1.70. The van der Waals surface area contributed by atoms with E-state index >= 15 is 0 Å². The molecule has 0 aromatic heterocycles. The topological polar surface area (TPSA) is 30.8 Å². The first-order chi connectivity index (χ1) is 4.64. The van der Waals surface area contributed by atoms with Gasteiger partial charge in [0.1, 0.15) is 5.60 Å². The van der Waals surface area contributed by atoms with Gasteiger partial charge in [-0.2, -0.15) is 0 Å². The van der Waals surface area contributed by atoms with Crippen LogP contribution in [0.15, 0.2) is 5.16 Å². The highest BCUT2D eigenvalue weighted by Gasteiger charge is 2.28. The molecule has 0 N–H and O–H groups in total. The Morgan fingerprint density at radius 3 is 2.80 bits per heavy atom. The van der Waals surface area contributed by atoms with Crippen LogP contribution in [0.2, 0.25) is 0 Å². The largest absolute Gasteiger partial charge is 0.389 e. The lowest BCUT2D eigenvalue weighted by Gasteiger charge is -2.13. The zero-order valence-electron chi connectivity index (χ0n) is 6.68. The van der Waals surface area contributed by atoms with Gasteiger partial charge in [0.05, 0.1) is 12.3 Å². The van der Waals surface area contributed by atoms with Crippen molar-refractivity contribution in [3.8, 4) is 0 Å². The second-order valence-electron chi connectivity index (χ2n) is 3.12. The van der Waals surface area contributed by atoms with E-state index < -0.39 is 0 Å². The van der Waals surface area contributed by atoms with Crippen molar-refractivity contribution in [2.45, 2.75) is 25.9 Å². The first-order valence-electron chi connectivity index (χ1n) is 3.37. The van der Waals surface area contributed by atoms with Crippen molar-refractivity contribution in [2.24, 2.45) is 5.16 Å². The fraction of sp³-hybridized carbons (Fsp3) is 0.857. The lowest BCUT2D eigenvalue weighted by molar-refractivity contribution is 0.0123. The van der Waals surface area contributed by atoms with Gasteiger partial charge >= 0.3 is 0 Å². The molecule has 3 heteroatoms. The van der Waals surface area contributed by atoms with Gasteiger partial charge in [-0.15, -0.1) is 0 Å². The lowest BCUT2D eigenvalue weighted by Crippen LogP contribution is -2.20. The number of hydrogen-bond acceptors (Lipinski definition) is 3. The van der Waals surface area contributed by atoms with E-state index in [0.717, 1.165) is 12.1 Å². The van der Waals surface area contributed by atoms with Crippen molar-refractivity contribution in [2.75, 3.05) is 13.7 Å². The Labute approximate surface area is 61.0 Å². The minimum atomic E-state index is -0.117. The molecule has 0 aliphatic carbocycles. The summed E-state index contributed by atoms with van der Waals surface area (Å²) in [5.41, 5.74) is 0.876. The lowest BCUT2D eigenvalue weighted by atomic mass is 10.0. The van der Waals surface area contributed by atoms with Crippen LogP contribution in [-0.2, 0) is 9.57 Å². The Morgan fingerprint density at radius 1 is 1.70 bits per heavy atom. The molecule has 0 saturated carbocycles. The number of hydrogen-bond donors (Lipinski definition) is 0. The summed E-state index contributed by atoms with van der Waals surface area (Å²) in [5.74, 6) is 0. The van der Waals surface area contributed by atoms with Crippen molar-refractivity contribution in [3.05, 3.63) is 0 Å². The molecular formula is C7H13NO2. The van der Waals surface area contributed by atoms with Crippen LogP contribution in [0.5, 0.6) is 0 Å². The van der Waals surface area contributed by atoms with E-state index in [4.69, 9.17) is 9.57 Å². The second-order valence-corrected chi connectivity index (χ2v) is 3.12. The molecule has 0 amide bonds. The molecule has 0 bridgehead atoms. The molecule has 1 heterocycles. The minimum absolute atomic E-state index is 0.117. The molecule has 1 aliphatic rings. The third-order valence-electron chi connectivity index (χ3n) is 1.36. The molecule has 0 saturated heterocycles. The first kappa shape index (κ1) is 7.54. The van der Waals surface area contributed by atoms with Gasteiger partial charge in [-0.1, -0.05) is 5.16 Å². The van der Waals surface area contributed by atoms with Gasteiger partial charge in [0.2, 0.25) is 0 Å². The molecule has 0 aromatic carbocycles. The van der Waals surface area contributed by atoms with E-state index in [1.807, 2.05) is 13.8 Å². The number of ether oxygens (including phenoxy) is 1. The summed E-state index contributed by atoms with van der Waals surface area (Å²) in [6.07, 6.45) is 0.876. The summed E-state index contributed by atoms with van der Waals surface area (Å²) in [7, 11) is 1.66. The van der Waals surface area contributed by atoms with Crippen molar-refractivity contribution in [3.63, 3.8) is 0 Å². The Balaban J connectivity index is 2.39. The first-order valence-corrected chi connectivity index (χ1v) is 3.37. The summed E-state index contributed by atoms with van der Waals surface area (Å²) in [6.45, 7) is 4.61. The summed E-state index contributed by atoms with van der Waals surface area (Å²) < 4.78 is 4.91. The van der Waals surface area contributed by atoms with E-state index in [0.29, 0.717) is 6.61 Å². The zero-order valence-corrected chi connectivity index (χ0v) is 6.68. The van der Waals surface area contributed by atoms with Crippen LogP contribution in [0.25, 0.3) is 0 Å². The number of methoxy groups -OCH3 is 1. The summed E-state index contributed by atoms with van der Waals surface area (Å²) in [6, 6.07) is 0. The number of rotatable bonds is 2. The molecule has 0 atom stereocenters. The monoisotopic (exact) mass is 143 g/mol. The number of oxime groups is 1. The van der Waals surface area contributed by atoms with Crippen molar-refractivity contribution in [1.29, 1.82) is 0 Å². The summed E-state index contributed by atoms with van der Waals surface area (Å²) >= 11 is 0. The van der Waals surface area contributed by atoms with Crippen molar-refractivity contribution >= 4 is 5.71 Å². The molecule has 1 aliphatic heterocycles. The van der Waals surface area contributed by atoms with Crippen LogP contribution in [0.4, 0.5) is 0 Å². The van der Waals surface area contributed by atoms with Gasteiger partial charge in [-0.3, -0.25) is 0 Å². The fourth-order valence-corrected chi connectivity index (χ4v) is 0.988. The molecular weight excluding hydrogens is 130 g/mol. The van der Waals surface area contributed by atoms with Crippen LogP contribution in [0.1, 0.15) is 20.3 Å². The maximum absolute atomic E-state index is 5.11. The molecule has 1 rings (SSSR count). The van der Waals surface area contributed by atoms with Gasteiger partial charge in [0, 0.05) is 13.5 Å². The van der Waals surface area contributed by atoms with Crippen LogP contribution in [-0.4, -0.2) is 25.0 Å². The molecule has 0 fully saturated rings. The van der Waals surface area contributed by atoms with Gasteiger partial charge in [-0.05, 0) is 13.8 Å². The van der Waals surface area contributed by atoms with E-state index in [2.05, 4.69) is 5.16 Å². The summed E-state index contributed by atoms with van der Waals surface area (Å²) in [4.78, 5) is 5.11. The average molecular weight is 143 g/mol. The van der Waals surface area contributed by atoms with E-state index in [-0.39, 0.29) is 5.60 Å². The van der Waals surface area contributed by atoms with Crippen molar-refractivity contribution < 1.29 is 9.57 Å². The van der Waals surface area contributed by atoms with Crippen molar-refractivity contribution in [1.82, 2.24) is 0 Å². The second kappa shape index (κ2) is 2.58. The minimum Gasteiger partial charge on any atom is -0.389 e. The van der Waals surface area contributed by atoms with Crippen LogP contribution in [0.3, 0.4) is 0 Å². The molecule has 3 nitrogen and oxygen atoms in total. The summed E-state index contributed by atoms with van der Waals surface area (Å²) in [5, 5.41) is 3.87. The van der Waals surface area contributed by atoms with E-state index in [1.54, 1.807) is 7.11 Å². The molecule has 0 radical (unpaired) electrons. The Bertz CT molecular complexity index is 152. The zero-order chi connectivity index (χ0) is 7.61. The highest BCUT2D eigenvalue weighted by Crippen LogP contribution is 2.21. The quantitative estimate of drug-likeness (QED) is 0.581. The smallest absolute Gasteiger partial charge is 0.137 e. The maximum Gasteiger partial charge on any atom is 0.137 e. The molecule has 0 aromatic rings. The average Bonchev–Trinajstić information content (AvgIpc) is 2.12. The molecule has 0 spiro atoms. The van der Waals surface area contributed by atoms with Gasteiger partial charge < -0.3 is 9.57 Å². The van der Waals surface area contributed by atoms with Gasteiger partial charge in [0.15, 0.2) is 0 Å². The fourth-order valence-electron chi connectivity index (χ4n) is 0.988. The van der Waals surface area contributed by atoms with Crippen LogP contribution in [0, 0.1) is 0 Å². The normalized spacial score (nSPS) is 22.1. The molecule has 58 valence electrons. The molecule has 0 unspecified atom stereocenters. The van der Waals surface area contributed by atoms with E-state index in [1.165, 1.54) is 0 Å². The van der Waals surface area contributed by atoms with Gasteiger partial charge in [0.25, 0.3) is 0 Å². The number of nitrogens with zero attached hydrogens (tertiary/aromatic N) is 1. The van der Waals surface area contributed by atoms with Gasteiger partial charge in [-0.25, -0.2) is 0 Å². The third-order valence-corrected chi connectivity index (χ3v) is 1.36. The SMILES string of the molecule is COCC1=NOC(C)(C)C1. The van der Waals surface area contributed by atoms with Crippen LogP contribution < -0.4 is 0 Å². The maximum atomic E-state index is 5.11. The van der Waals surface area contributed by atoms with E-state index in [9.17, 15) is 0 Å². The Morgan fingerprint density at radius 2 is 2.40 bits per heavy atom. The molecule has 10 heavy (non-hydrogen) atoms. The Hall–Kier alpha value is -0.570. The van der Waals surface area contributed by atoms with Crippen LogP contribution >= 0.6 is 0 Å². The Kier molecular flexibility index (Phi) is 1.94. The highest BCUT2D eigenvalue weighted by atomic mass is 16.7. The highest BCUT2D eigenvalue weighted by molar-refractivity contribution is 5.87. The predicted molar refractivity (Wildman–Crippen MR) is 39.1 cm³/mol.